The average Bonchev–Trinajstić information content (AvgIpc) is 2.29. The van der Waals surface area contributed by atoms with Crippen LogP contribution in [0.2, 0.25) is 0 Å². The van der Waals surface area contributed by atoms with E-state index in [9.17, 15) is 8.42 Å². The molecule has 0 saturated carbocycles. The van der Waals surface area contributed by atoms with E-state index in [0.717, 1.165) is 19.4 Å². The first-order chi connectivity index (χ1) is 7.99. The Morgan fingerprint density at radius 1 is 1.41 bits per heavy atom. The van der Waals surface area contributed by atoms with Crippen molar-refractivity contribution in [1.29, 1.82) is 0 Å². The number of sulfonamides is 1. The van der Waals surface area contributed by atoms with Crippen LogP contribution in [0.5, 0.6) is 0 Å². The molecule has 1 unspecified atom stereocenters. The van der Waals surface area contributed by atoms with Gasteiger partial charge in [-0.1, -0.05) is 0 Å². The fourth-order valence-electron chi connectivity index (χ4n) is 2.15. The molecule has 0 aromatic heterocycles. The van der Waals surface area contributed by atoms with Crippen LogP contribution < -0.4 is 5.32 Å². The highest BCUT2D eigenvalue weighted by Gasteiger charge is 2.28. The second kappa shape index (κ2) is 6.68. The molecule has 0 spiro atoms. The van der Waals surface area contributed by atoms with Gasteiger partial charge in [0.2, 0.25) is 10.0 Å². The summed E-state index contributed by atoms with van der Waals surface area (Å²) in [4.78, 5) is 0. The maximum absolute atomic E-state index is 12.0. The van der Waals surface area contributed by atoms with Crippen molar-refractivity contribution in [3.63, 3.8) is 0 Å². The molecule has 0 radical (unpaired) electrons. The number of methoxy groups -OCH3 is 1. The number of hydrogen-bond acceptors (Lipinski definition) is 4. The van der Waals surface area contributed by atoms with Crippen LogP contribution in [-0.4, -0.2) is 58.4 Å². The van der Waals surface area contributed by atoms with Gasteiger partial charge in [-0.15, -0.1) is 0 Å². The third kappa shape index (κ3) is 4.54. The van der Waals surface area contributed by atoms with Gasteiger partial charge >= 0.3 is 0 Å². The Bertz CT molecular complexity index is 311. The number of nitrogens with one attached hydrogen (secondary N) is 1. The van der Waals surface area contributed by atoms with Gasteiger partial charge in [0.1, 0.15) is 0 Å². The van der Waals surface area contributed by atoms with Crippen LogP contribution in [0.25, 0.3) is 0 Å². The van der Waals surface area contributed by atoms with Crippen molar-refractivity contribution in [2.24, 2.45) is 5.92 Å². The predicted molar refractivity (Wildman–Crippen MR) is 68.5 cm³/mol. The first kappa shape index (κ1) is 14.9. The third-order valence-corrected chi connectivity index (χ3v) is 5.35. The van der Waals surface area contributed by atoms with Crippen LogP contribution in [0.4, 0.5) is 0 Å². The molecule has 1 rings (SSSR count). The minimum atomic E-state index is -3.15. The van der Waals surface area contributed by atoms with Gasteiger partial charge in [0.05, 0.1) is 11.9 Å². The largest absolute Gasteiger partial charge is 0.381 e. The SMILES string of the molecule is CNCC1CCN(S(=O)(=O)CC(C)OC)CC1. The number of hydrogen-bond donors (Lipinski definition) is 1. The van der Waals surface area contributed by atoms with Crippen LogP contribution in [0.15, 0.2) is 0 Å². The molecule has 1 heterocycles. The molecular weight excluding hydrogens is 240 g/mol. The Hall–Kier alpha value is -0.170. The van der Waals surface area contributed by atoms with E-state index in [1.54, 1.807) is 18.3 Å². The lowest BCUT2D eigenvalue weighted by Crippen LogP contribution is -2.43. The van der Waals surface area contributed by atoms with Crippen LogP contribution >= 0.6 is 0 Å². The van der Waals surface area contributed by atoms with Crippen molar-refractivity contribution in [2.45, 2.75) is 25.9 Å². The summed E-state index contributed by atoms with van der Waals surface area (Å²) in [6.45, 7) is 4.05. The van der Waals surface area contributed by atoms with E-state index in [-0.39, 0.29) is 11.9 Å². The molecule has 102 valence electrons. The Balaban J connectivity index is 2.47. The summed E-state index contributed by atoms with van der Waals surface area (Å²) < 4.78 is 30.7. The molecule has 5 nitrogen and oxygen atoms in total. The van der Waals surface area contributed by atoms with E-state index in [4.69, 9.17) is 4.74 Å². The van der Waals surface area contributed by atoms with Crippen molar-refractivity contribution in [2.75, 3.05) is 39.5 Å². The Morgan fingerprint density at radius 3 is 2.47 bits per heavy atom. The summed E-state index contributed by atoms with van der Waals surface area (Å²) in [5.41, 5.74) is 0. The first-order valence-corrected chi connectivity index (χ1v) is 7.75. The standard InChI is InChI=1S/C11H24N2O3S/c1-10(16-3)9-17(14,15)13-6-4-11(5-7-13)8-12-2/h10-12H,4-9H2,1-3H3. The minimum Gasteiger partial charge on any atom is -0.381 e. The van der Waals surface area contributed by atoms with Crippen molar-refractivity contribution in [3.05, 3.63) is 0 Å². The molecular formula is C11H24N2O3S. The van der Waals surface area contributed by atoms with Crippen LogP contribution in [0.3, 0.4) is 0 Å². The van der Waals surface area contributed by atoms with Gasteiger partial charge in [0.15, 0.2) is 0 Å². The smallest absolute Gasteiger partial charge is 0.216 e. The van der Waals surface area contributed by atoms with Crippen LogP contribution in [0.1, 0.15) is 19.8 Å². The van der Waals surface area contributed by atoms with Crippen molar-refractivity contribution in [1.82, 2.24) is 9.62 Å². The van der Waals surface area contributed by atoms with Crippen molar-refractivity contribution in [3.8, 4) is 0 Å². The maximum Gasteiger partial charge on any atom is 0.216 e. The van der Waals surface area contributed by atoms with Gasteiger partial charge < -0.3 is 10.1 Å². The summed E-state index contributed by atoms with van der Waals surface area (Å²) in [6.07, 6.45) is 1.65. The van der Waals surface area contributed by atoms with Gasteiger partial charge in [0.25, 0.3) is 0 Å². The number of piperidine rings is 1. The minimum absolute atomic E-state index is 0.0835. The second-order valence-corrected chi connectivity index (χ2v) is 6.74. The highest BCUT2D eigenvalue weighted by Crippen LogP contribution is 2.19. The van der Waals surface area contributed by atoms with Gasteiger partial charge in [-0.3, -0.25) is 0 Å². The summed E-state index contributed by atoms with van der Waals surface area (Å²) in [6, 6.07) is 0. The quantitative estimate of drug-likeness (QED) is 0.749. The predicted octanol–water partition coefficient (Wildman–Crippen LogP) is 0.283. The average molecular weight is 264 g/mol. The molecule has 0 aliphatic carbocycles. The fourth-order valence-corrected chi connectivity index (χ4v) is 3.86. The van der Waals surface area contributed by atoms with Gasteiger partial charge in [-0.05, 0) is 39.3 Å². The maximum atomic E-state index is 12.0. The molecule has 0 bridgehead atoms. The van der Waals surface area contributed by atoms with Gasteiger partial charge in [-0.2, -0.15) is 0 Å². The zero-order valence-corrected chi connectivity index (χ0v) is 11.8. The number of rotatable bonds is 6. The summed E-state index contributed by atoms with van der Waals surface area (Å²) in [5.74, 6) is 0.687. The van der Waals surface area contributed by atoms with E-state index < -0.39 is 10.0 Å². The lowest BCUT2D eigenvalue weighted by molar-refractivity contribution is 0.134. The van der Waals surface area contributed by atoms with Crippen molar-refractivity contribution >= 4 is 10.0 Å². The summed E-state index contributed by atoms with van der Waals surface area (Å²) in [7, 11) is 0.330. The van der Waals surface area contributed by atoms with Crippen LogP contribution in [0, 0.1) is 5.92 Å². The molecule has 0 amide bonds. The molecule has 1 saturated heterocycles. The highest BCUT2D eigenvalue weighted by atomic mass is 32.2. The van der Waals surface area contributed by atoms with Crippen molar-refractivity contribution < 1.29 is 13.2 Å². The fraction of sp³-hybridized carbons (Fsp3) is 1.00. The topological polar surface area (TPSA) is 58.6 Å². The van der Waals surface area contributed by atoms with Gasteiger partial charge in [0, 0.05) is 20.2 Å². The number of ether oxygens (including phenoxy) is 1. The normalized spacial score (nSPS) is 21.6. The molecule has 0 aromatic rings. The lowest BCUT2D eigenvalue weighted by Gasteiger charge is -2.31. The molecule has 1 N–H and O–H groups in total. The van der Waals surface area contributed by atoms with E-state index in [2.05, 4.69) is 5.32 Å². The molecule has 17 heavy (non-hydrogen) atoms. The summed E-state index contributed by atoms with van der Waals surface area (Å²) in [5, 5.41) is 3.14. The van der Waals surface area contributed by atoms with Crippen LogP contribution in [-0.2, 0) is 14.8 Å². The Morgan fingerprint density at radius 2 is 2.00 bits per heavy atom. The number of nitrogens with zero attached hydrogens (tertiary/aromatic N) is 1. The van der Waals surface area contributed by atoms with E-state index >= 15 is 0 Å². The molecule has 1 fully saturated rings. The Kier molecular flexibility index (Phi) is 5.85. The molecule has 6 heteroatoms. The molecule has 1 aliphatic heterocycles. The Labute approximate surface area is 105 Å². The lowest BCUT2D eigenvalue weighted by atomic mass is 9.98. The summed E-state index contributed by atoms with van der Waals surface area (Å²) >= 11 is 0. The first-order valence-electron chi connectivity index (χ1n) is 6.14. The third-order valence-electron chi connectivity index (χ3n) is 3.31. The molecule has 0 aromatic carbocycles. The highest BCUT2D eigenvalue weighted by molar-refractivity contribution is 7.89. The molecule has 1 aliphatic rings. The second-order valence-electron chi connectivity index (χ2n) is 4.72. The monoisotopic (exact) mass is 264 g/mol. The van der Waals surface area contributed by atoms with E-state index in [1.807, 2.05) is 7.05 Å². The van der Waals surface area contributed by atoms with E-state index in [1.165, 1.54) is 0 Å². The zero-order valence-electron chi connectivity index (χ0n) is 11.0. The van der Waals surface area contributed by atoms with E-state index in [0.29, 0.717) is 19.0 Å². The van der Waals surface area contributed by atoms with Gasteiger partial charge in [-0.25, -0.2) is 12.7 Å². The zero-order chi connectivity index (χ0) is 12.9. The molecule has 1 atom stereocenters.